The minimum atomic E-state index is -2.36. The molecule has 1 rings (SSSR count). The smallest absolute Gasteiger partial charge is 0.0915 e. The Kier molecular flexibility index (Phi) is 6.61. The van der Waals surface area contributed by atoms with Gasteiger partial charge in [-0.25, -0.2) is 0 Å². The maximum absolute atomic E-state index is 10.6. The van der Waals surface area contributed by atoms with Crippen LogP contribution in [0.2, 0.25) is 0 Å². The minimum Gasteiger partial charge on any atom is -0.755 e. The number of nitrogens with one attached hydrogen (secondary N) is 2. The van der Waals surface area contributed by atoms with E-state index in [1.165, 1.54) is 0 Å². The summed E-state index contributed by atoms with van der Waals surface area (Å²) in [5.41, 5.74) is 1.10. The monoisotopic (exact) mass is 299 g/mol. The molecule has 3 N–H and O–H groups in total. The fraction of sp³-hybridized carbons (Fsp3) is 0.571. The van der Waals surface area contributed by atoms with E-state index in [-0.39, 0.29) is 5.54 Å². The van der Waals surface area contributed by atoms with Gasteiger partial charge < -0.3 is 19.7 Å². The molecule has 0 aliphatic heterocycles. The normalized spacial score (nSPS) is 14.8. The third-order valence-corrected chi connectivity index (χ3v) is 3.52. The van der Waals surface area contributed by atoms with Crippen LogP contribution >= 0.6 is 0 Å². The first kappa shape index (κ1) is 17.1. The molecular weight excluding hydrogens is 276 g/mol. The number of hydrogen-bond donors (Lipinski definition) is 3. The second kappa shape index (κ2) is 7.73. The maximum atomic E-state index is 10.6. The summed E-state index contributed by atoms with van der Waals surface area (Å²) < 4.78 is 23.5. The Morgan fingerprint density at radius 3 is 2.75 bits per heavy atom. The third kappa shape index (κ3) is 6.00. The van der Waals surface area contributed by atoms with Crippen LogP contribution in [0.4, 0.5) is 5.69 Å². The molecule has 114 valence electrons. The molecule has 20 heavy (non-hydrogen) atoms. The zero-order valence-electron chi connectivity index (χ0n) is 12.2. The SMILES string of the molecule is CCCC(C)(C)NC[C@H](O)c1cccc(NS(=O)[O-])c1. The fourth-order valence-corrected chi connectivity index (χ4v) is 2.43. The highest BCUT2D eigenvalue weighted by Gasteiger charge is 2.18. The summed E-state index contributed by atoms with van der Waals surface area (Å²) in [6.07, 6.45) is 1.43. The van der Waals surface area contributed by atoms with Gasteiger partial charge in [0.15, 0.2) is 0 Å². The van der Waals surface area contributed by atoms with Gasteiger partial charge in [-0.2, -0.15) is 0 Å². The van der Waals surface area contributed by atoms with Gasteiger partial charge >= 0.3 is 0 Å². The van der Waals surface area contributed by atoms with Gasteiger partial charge in [0.25, 0.3) is 0 Å². The molecule has 0 aromatic heterocycles. The number of rotatable bonds is 8. The summed E-state index contributed by atoms with van der Waals surface area (Å²) in [7, 11) is 0. The van der Waals surface area contributed by atoms with Crippen LogP contribution in [-0.2, 0) is 11.3 Å². The van der Waals surface area contributed by atoms with Crippen molar-refractivity contribution in [1.82, 2.24) is 5.32 Å². The average molecular weight is 299 g/mol. The summed E-state index contributed by atoms with van der Waals surface area (Å²) >= 11 is -2.36. The highest BCUT2D eigenvalue weighted by atomic mass is 32.2. The van der Waals surface area contributed by atoms with Crippen molar-refractivity contribution in [2.75, 3.05) is 11.3 Å². The Hall–Kier alpha value is -0.950. The van der Waals surface area contributed by atoms with E-state index >= 15 is 0 Å². The number of benzene rings is 1. The first-order valence-electron chi connectivity index (χ1n) is 6.73. The van der Waals surface area contributed by atoms with Crippen molar-refractivity contribution in [3.63, 3.8) is 0 Å². The van der Waals surface area contributed by atoms with Crippen molar-refractivity contribution in [1.29, 1.82) is 0 Å². The van der Waals surface area contributed by atoms with Crippen LogP contribution in [0.15, 0.2) is 24.3 Å². The Morgan fingerprint density at radius 1 is 1.45 bits per heavy atom. The molecule has 0 aliphatic rings. The molecule has 1 aromatic carbocycles. The highest BCUT2D eigenvalue weighted by Crippen LogP contribution is 2.19. The summed E-state index contributed by atoms with van der Waals surface area (Å²) in [5, 5.41) is 13.5. The van der Waals surface area contributed by atoms with Gasteiger partial charge in [0.05, 0.1) is 6.10 Å². The van der Waals surface area contributed by atoms with Crippen molar-refractivity contribution in [3.05, 3.63) is 29.8 Å². The molecule has 6 heteroatoms. The van der Waals surface area contributed by atoms with Crippen LogP contribution in [0.1, 0.15) is 45.3 Å². The van der Waals surface area contributed by atoms with E-state index in [4.69, 9.17) is 0 Å². The van der Waals surface area contributed by atoms with Crippen LogP contribution in [0, 0.1) is 0 Å². The zero-order chi connectivity index (χ0) is 15.2. The van der Waals surface area contributed by atoms with E-state index in [1.807, 2.05) is 0 Å². The third-order valence-electron chi connectivity index (χ3n) is 3.12. The lowest BCUT2D eigenvalue weighted by molar-refractivity contribution is 0.159. The Morgan fingerprint density at radius 2 is 2.15 bits per heavy atom. The molecule has 1 aromatic rings. The summed E-state index contributed by atoms with van der Waals surface area (Å²) in [6.45, 7) is 6.75. The van der Waals surface area contributed by atoms with Gasteiger partial charge in [-0.15, -0.1) is 0 Å². The summed E-state index contributed by atoms with van der Waals surface area (Å²) in [5.74, 6) is 0. The van der Waals surface area contributed by atoms with Gasteiger partial charge in [-0.3, -0.25) is 4.21 Å². The molecule has 0 aliphatic carbocycles. The molecule has 0 bridgehead atoms. The van der Waals surface area contributed by atoms with Crippen LogP contribution in [0.5, 0.6) is 0 Å². The van der Waals surface area contributed by atoms with E-state index in [1.54, 1.807) is 24.3 Å². The zero-order valence-corrected chi connectivity index (χ0v) is 13.0. The minimum absolute atomic E-state index is 0.0257. The number of β-amino-alcohol motifs (C(OH)–C–C–N with tert-alkyl or cyclic N) is 1. The van der Waals surface area contributed by atoms with E-state index in [0.29, 0.717) is 17.8 Å². The second-order valence-corrected chi connectivity index (χ2v) is 6.17. The lowest BCUT2D eigenvalue weighted by atomic mass is 9.98. The quantitative estimate of drug-likeness (QED) is 0.642. The topological polar surface area (TPSA) is 84.4 Å². The summed E-state index contributed by atoms with van der Waals surface area (Å²) in [6, 6.07) is 6.76. The lowest BCUT2D eigenvalue weighted by Crippen LogP contribution is -2.41. The van der Waals surface area contributed by atoms with Crippen LogP contribution in [0.3, 0.4) is 0 Å². The molecular formula is C14H23N2O3S-. The summed E-state index contributed by atoms with van der Waals surface area (Å²) in [4.78, 5) is 0. The fourth-order valence-electron chi connectivity index (χ4n) is 2.11. The Bertz CT molecular complexity index is 452. The molecule has 0 saturated carbocycles. The molecule has 0 radical (unpaired) electrons. The standard InChI is InChI=1S/C14H24N2O3S/c1-4-8-14(2,3)15-10-13(17)11-6-5-7-12(9-11)16-20(18)19/h5-7,9,13,15-17H,4,8,10H2,1-3H3,(H,18,19)/p-1/t13-/m0/s1. The van der Waals surface area contributed by atoms with E-state index in [2.05, 4.69) is 30.8 Å². The predicted octanol–water partition coefficient (Wildman–Crippen LogP) is 2.09. The molecule has 0 heterocycles. The second-order valence-electron chi connectivity index (χ2n) is 5.49. The number of anilines is 1. The number of aliphatic hydroxyl groups excluding tert-OH is 1. The first-order valence-corrected chi connectivity index (χ1v) is 7.80. The van der Waals surface area contributed by atoms with Crippen molar-refractivity contribution < 1.29 is 13.9 Å². The highest BCUT2D eigenvalue weighted by molar-refractivity contribution is 7.80. The van der Waals surface area contributed by atoms with Gasteiger partial charge in [0.1, 0.15) is 0 Å². The number of aliphatic hydroxyl groups is 1. The largest absolute Gasteiger partial charge is 0.755 e. The van der Waals surface area contributed by atoms with Crippen LogP contribution < -0.4 is 10.0 Å². The molecule has 0 fully saturated rings. The van der Waals surface area contributed by atoms with Crippen molar-refractivity contribution >= 4 is 17.0 Å². The first-order chi connectivity index (χ1) is 9.34. The molecule has 2 atom stereocenters. The van der Waals surface area contributed by atoms with E-state index in [0.717, 1.165) is 12.8 Å². The lowest BCUT2D eigenvalue weighted by Gasteiger charge is -2.27. The number of hydrogen-bond acceptors (Lipinski definition) is 4. The maximum Gasteiger partial charge on any atom is 0.0915 e. The van der Waals surface area contributed by atoms with E-state index in [9.17, 15) is 13.9 Å². The van der Waals surface area contributed by atoms with Gasteiger partial charge in [-0.05, 0) is 38.0 Å². The van der Waals surface area contributed by atoms with Crippen LogP contribution in [0.25, 0.3) is 0 Å². The van der Waals surface area contributed by atoms with E-state index < -0.39 is 17.4 Å². The van der Waals surface area contributed by atoms with Crippen LogP contribution in [-0.4, -0.2) is 26.0 Å². The van der Waals surface area contributed by atoms with Gasteiger partial charge in [-0.1, -0.05) is 25.5 Å². The van der Waals surface area contributed by atoms with Crippen molar-refractivity contribution in [3.8, 4) is 0 Å². The molecule has 1 unspecified atom stereocenters. The predicted molar refractivity (Wildman–Crippen MR) is 80.9 cm³/mol. The molecule has 0 saturated heterocycles. The van der Waals surface area contributed by atoms with Gasteiger partial charge in [0, 0.05) is 29.0 Å². The molecule has 0 spiro atoms. The average Bonchev–Trinajstić information content (AvgIpc) is 2.35. The van der Waals surface area contributed by atoms with Crippen molar-refractivity contribution in [2.24, 2.45) is 0 Å². The molecule has 5 nitrogen and oxygen atoms in total. The van der Waals surface area contributed by atoms with Gasteiger partial charge in [0.2, 0.25) is 0 Å². The Balaban J connectivity index is 2.63. The van der Waals surface area contributed by atoms with Crippen molar-refractivity contribution in [2.45, 2.75) is 45.3 Å². The molecule has 0 amide bonds. The Labute approximate surface area is 123 Å².